The van der Waals surface area contributed by atoms with Gasteiger partial charge in [0.2, 0.25) is 11.5 Å². The van der Waals surface area contributed by atoms with Crippen LogP contribution < -0.4 is 4.74 Å². The molecule has 0 atom stereocenters. The maximum Gasteiger partial charge on any atom is 0.371 e. The SMILES string of the molecule is C/C=C(\Oc1ccccc1[N+](=O)[O-])C(=O)O. The maximum absolute atomic E-state index is 10.7. The molecule has 1 N–H and O–H groups in total. The van der Waals surface area contributed by atoms with Gasteiger partial charge < -0.3 is 9.84 Å². The Morgan fingerprint density at radius 2 is 2.12 bits per heavy atom. The molecule has 0 saturated carbocycles. The number of carboxylic acid groups (broad SMARTS) is 1. The van der Waals surface area contributed by atoms with Gasteiger partial charge in [-0.25, -0.2) is 4.79 Å². The van der Waals surface area contributed by atoms with Crippen LogP contribution in [0.4, 0.5) is 5.69 Å². The molecule has 0 amide bonds. The normalized spacial score (nSPS) is 10.9. The van der Waals surface area contributed by atoms with Crippen LogP contribution in [0.1, 0.15) is 6.92 Å². The number of carbonyl (C=O) groups is 1. The minimum Gasteiger partial charge on any atom is -0.475 e. The average molecular weight is 223 g/mol. The van der Waals surface area contributed by atoms with Crippen molar-refractivity contribution in [2.75, 3.05) is 0 Å². The molecular weight excluding hydrogens is 214 g/mol. The van der Waals surface area contributed by atoms with E-state index in [0.29, 0.717) is 0 Å². The topological polar surface area (TPSA) is 89.7 Å². The molecule has 0 aliphatic rings. The van der Waals surface area contributed by atoms with Crippen molar-refractivity contribution >= 4 is 11.7 Å². The van der Waals surface area contributed by atoms with Crippen molar-refractivity contribution in [1.29, 1.82) is 0 Å². The number of ether oxygens (including phenoxy) is 1. The minimum absolute atomic E-state index is 0.0944. The molecule has 0 heterocycles. The Balaban J connectivity index is 3.06. The van der Waals surface area contributed by atoms with Crippen molar-refractivity contribution in [1.82, 2.24) is 0 Å². The number of rotatable bonds is 4. The van der Waals surface area contributed by atoms with E-state index in [1.54, 1.807) is 0 Å². The Kier molecular flexibility index (Phi) is 3.60. The van der Waals surface area contributed by atoms with E-state index in [-0.39, 0.29) is 17.2 Å². The number of nitro benzene ring substituents is 1. The van der Waals surface area contributed by atoms with Gasteiger partial charge in [0.15, 0.2) is 0 Å². The van der Waals surface area contributed by atoms with Gasteiger partial charge in [0.1, 0.15) is 0 Å². The highest BCUT2D eigenvalue weighted by Crippen LogP contribution is 2.27. The standard InChI is InChI=1S/C10H9NO5/c1-2-8(10(12)13)16-9-6-4-3-5-7(9)11(14)15/h2-6H,1H3,(H,12,13)/b8-2-. The van der Waals surface area contributed by atoms with Gasteiger partial charge in [0.05, 0.1) is 4.92 Å². The molecule has 1 aromatic rings. The second-order valence-corrected chi connectivity index (χ2v) is 2.78. The molecule has 6 heteroatoms. The molecule has 0 radical (unpaired) electrons. The molecule has 16 heavy (non-hydrogen) atoms. The van der Waals surface area contributed by atoms with E-state index in [1.807, 2.05) is 0 Å². The summed E-state index contributed by atoms with van der Waals surface area (Å²) in [6.45, 7) is 1.47. The molecule has 0 aliphatic heterocycles. The van der Waals surface area contributed by atoms with Crippen LogP contribution in [0.3, 0.4) is 0 Å². The summed E-state index contributed by atoms with van der Waals surface area (Å²) in [4.78, 5) is 20.6. The van der Waals surface area contributed by atoms with Crippen LogP contribution in [0, 0.1) is 10.1 Å². The summed E-state index contributed by atoms with van der Waals surface area (Å²) in [5.74, 6) is -1.72. The first kappa shape index (κ1) is 11.7. The first-order valence-electron chi connectivity index (χ1n) is 4.37. The number of nitro groups is 1. The van der Waals surface area contributed by atoms with Crippen molar-refractivity contribution in [2.45, 2.75) is 6.92 Å². The van der Waals surface area contributed by atoms with E-state index >= 15 is 0 Å². The highest BCUT2D eigenvalue weighted by molar-refractivity contribution is 5.84. The number of aliphatic carboxylic acids is 1. The number of benzene rings is 1. The lowest BCUT2D eigenvalue weighted by Crippen LogP contribution is -2.08. The quantitative estimate of drug-likeness (QED) is 0.364. The van der Waals surface area contributed by atoms with Crippen molar-refractivity contribution in [3.63, 3.8) is 0 Å². The summed E-state index contributed by atoms with van der Waals surface area (Å²) < 4.78 is 4.94. The zero-order valence-electron chi connectivity index (χ0n) is 8.41. The number of para-hydroxylation sites is 2. The summed E-state index contributed by atoms with van der Waals surface area (Å²) in [7, 11) is 0. The van der Waals surface area contributed by atoms with Crippen LogP contribution in [0.25, 0.3) is 0 Å². The first-order valence-corrected chi connectivity index (χ1v) is 4.37. The Morgan fingerprint density at radius 3 is 2.62 bits per heavy atom. The number of hydrogen-bond acceptors (Lipinski definition) is 4. The fourth-order valence-corrected chi connectivity index (χ4v) is 1.04. The Bertz CT molecular complexity index is 452. The molecule has 0 saturated heterocycles. The van der Waals surface area contributed by atoms with E-state index < -0.39 is 10.9 Å². The molecule has 0 bridgehead atoms. The zero-order chi connectivity index (χ0) is 12.1. The third kappa shape index (κ3) is 2.57. The predicted molar refractivity (Wildman–Crippen MR) is 55.1 cm³/mol. The molecule has 0 aliphatic carbocycles. The van der Waals surface area contributed by atoms with Gasteiger partial charge in [-0.2, -0.15) is 0 Å². The number of hydrogen-bond donors (Lipinski definition) is 1. The second-order valence-electron chi connectivity index (χ2n) is 2.78. The van der Waals surface area contributed by atoms with Crippen LogP contribution in [-0.4, -0.2) is 16.0 Å². The number of carboxylic acids is 1. The molecule has 6 nitrogen and oxygen atoms in total. The third-order valence-electron chi connectivity index (χ3n) is 1.75. The Morgan fingerprint density at radius 1 is 1.50 bits per heavy atom. The van der Waals surface area contributed by atoms with E-state index in [2.05, 4.69) is 0 Å². The Hall–Kier alpha value is -2.37. The van der Waals surface area contributed by atoms with Crippen LogP contribution in [0.2, 0.25) is 0 Å². The van der Waals surface area contributed by atoms with Gasteiger partial charge in [-0.3, -0.25) is 10.1 Å². The Labute approximate surface area is 90.9 Å². The lowest BCUT2D eigenvalue weighted by Gasteiger charge is -2.05. The van der Waals surface area contributed by atoms with Gasteiger partial charge in [-0.1, -0.05) is 12.1 Å². The monoisotopic (exact) mass is 223 g/mol. The van der Waals surface area contributed by atoms with Crippen LogP contribution in [0.15, 0.2) is 36.1 Å². The van der Waals surface area contributed by atoms with Gasteiger partial charge in [-0.15, -0.1) is 0 Å². The minimum atomic E-state index is -1.28. The molecule has 0 spiro atoms. The fourth-order valence-electron chi connectivity index (χ4n) is 1.04. The van der Waals surface area contributed by atoms with E-state index in [1.165, 1.54) is 37.3 Å². The van der Waals surface area contributed by atoms with Gasteiger partial charge in [-0.05, 0) is 19.1 Å². The lowest BCUT2D eigenvalue weighted by molar-refractivity contribution is -0.385. The highest BCUT2D eigenvalue weighted by Gasteiger charge is 2.17. The van der Waals surface area contributed by atoms with E-state index in [0.717, 1.165) is 0 Å². The lowest BCUT2D eigenvalue weighted by atomic mass is 10.3. The number of allylic oxidation sites excluding steroid dienone is 1. The second kappa shape index (κ2) is 4.92. The molecule has 0 fully saturated rings. The van der Waals surface area contributed by atoms with Crippen LogP contribution >= 0.6 is 0 Å². The van der Waals surface area contributed by atoms with Gasteiger partial charge in [0, 0.05) is 6.07 Å². The molecular formula is C10H9NO5. The summed E-state index contributed by atoms with van der Waals surface area (Å²) in [5, 5.41) is 19.3. The molecule has 1 aromatic carbocycles. The van der Waals surface area contributed by atoms with Crippen LogP contribution in [0.5, 0.6) is 5.75 Å². The molecule has 0 unspecified atom stereocenters. The molecule has 1 rings (SSSR count). The largest absolute Gasteiger partial charge is 0.475 e. The highest BCUT2D eigenvalue weighted by atomic mass is 16.6. The predicted octanol–water partition coefficient (Wildman–Crippen LogP) is 1.96. The molecule has 0 aromatic heterocycles. The summed E-state index contributed by atoms with van der Waals surface area (Å²) in [6.07, 6.45) is 1.22. The fraction of sp³-hybridized carbons (Fsp3) is 0.100. The van der Waals surface area contributed by atoms with Crippen molar-refractivity contribution in [3.05, 3.63) is 46.2 Å². The first-order chi connectivity index (χ1) is 7.56. The van der Waals surface area contributed by atoms with Crippen molar-refractivity contribution in [3.8, 4) is 5.75 Å². The summed E-state index contributed by atoms with van der Waals surface area (Å²) >= 11 is 0. The summed E-state index contributed by atoms with van der Waals surface area (Å²) in [6, 6.07) is 5.58. The van der Waals surface area contributed by atoms with E-state index in [4.69, 9.17) is 9.84 Å². The molecule has 84 valence electrons. The average Bonchev–Trinajstić information content (AvgIpc) is 2.25. The zero-order valence-corrected chi connectivity index (χ0v) is 8.41. The maximum atomic E-state index is 10.7. The van der Waals surface area contributed by atoms with E-state index in [9.17, 15) is 14.9 Å². The van der Waals surface area contributed by atoms with Crippen LogP contribution in [-0.2, 0) is 4.79 Å². The van der Waals surface area contributed by atoms with Crippen molar-refractivity contribution < 1.29 is 19.6 Å². The summed E-state index contributed by atoms with van der Waals surface area (Å²) in [5.41, 5.74) is -0.275. The van der Waals surface area contributed by atoms with Crippen molar-refractivity contribution in [2.24, 2.45) is 0 Å². The van der Waals surface area contributed by atoms with Gasteiger partial charge >= 0.3 is 11.7 Å². The van der Waals surface area contributed by atoms with Gasteiger partial charge in [0.25, 0.3) is 0 Å². The number of nitrogens with zero attached hydrogens (tertiary/aromatic N) is 1. The third-order valence-corrected chi connectivity index (χ3v) is 1.75. The smallest absolute Gasteiger partial charge is 0.371 e.